The number of aromatic nitrogens is 2. The van der Waals surface area contributed by atoms with Gasteiger partial charge in [0.25, 0.3) is 5.91 Å². The van der Waals surface area contributed by atoms with Crippen molar-refractivity contribution in [1.82, 2.24) is 9.97 Å². The first-order valence-electron chi connectivity index (χ1n) is 9.13. The summed E-state index contributed by atoms with van der Waals surface area (Å²) in [7, 11) is 0. The van der Waals surface area contributed by atoms with Gasteiger partial charge in [0.1, 0.15) is 11.4 Å². The highest BCUT2D eigenvalue weighted by atomic mass is 35.5. The highest BCUT2D eigenvalue weighted by Crippen LogP contribution is 2.27. The zero-order valence-corrected chi connectivity index (χ0v) is 16.2. The van der Waals surface area contributed by atoms with Crippen molar-refractivity contribution in [2.45, 2.75) is 6.92 Å². The van der Waals surface area contributed by atoms with Crippen LogP contribution in [0.3, 0.4) is 0 Å². The van der Waals surface area contributed by atoms with Gasteiger partial charge in [-0.05, 0) is 48.9 Å². The van der Waals surface area contributed by atoms with Crippen molar-refractivity contribution in [2.24, 2.45) is 0 Å². The number of benzene rings is 3. The number of hydrogen-bond donors (Lipinski definition) is 2. The lowest BCUT2D eigenvalue weighted by Crippen LogP contribution is -2.10. The first kappa shape index (κ1) is 17.5. The molecule has 0 bridgehead atoms. The van der Waals surface area contributed by atoms with E-state index in [2.05, 4.69) is 15.3 Å². The third-order valence-electron chi connectivity index (χ3n) is 4.81. The lowest BCUT2D eigenvalue weighted by molar-refractivity contribution is 0.0998. The van der Waals surface area contributed by atoms with Crippen molar-refractivity contribution in [3.63, 3.8) is 0 Å². The van der Waals surface area contributed by atoms with Crippen molar-refractivity contribution >= 4 is 45.2 Å². The monoisotopic (exact) mass is 401 g/mol. The van der Waals surface area contributed by atoms with E-state index in [1.165, 1.54) is 0 Å². The standard InChI is InChI=1S/C23H16ClN3O2/c1-13-9-18-19(12-17(13)24)27-22(26-18)15-6-4-7-16(10-15)25-23(28)21-11-14-5-2-3-8-20(14)29-21/h2-12H,1H3,(H,25,28)(H,26,27). The van der Waals surface area contributed by atoms with Crippen LogP contribution in [-0.4, -0.2) is 15.9 Å². The van der Waals surface area contributed by atoms with E-state index >= 15 is 0 Å². The van der Waals surface area contributed by atoms with Gasteiger partial charge < -0.3 is 14.7 Å². The quantitative estimate of drug-likeness (QED) is 0.378. The van der Waals surface area contributed by atoms with Crippen molar-refractivity contribution in [3.8, 4) is 11.4 Å². The van der Waals surface area contributed by atoms with Gasteiger partial charge >= 0.3 is 0 Å². The molecule has 0 radical (unpaired) electrons. The Balaban J connectivity index is 1.44. The van der Waals surface area contributed by atoms with Crippen LogP contribution in [0.2, 0.25) is 5.02 Å². The van der Waals surface area contributed by atoms with Crippen LogP contribution >= 0.6 is 11.6 Å². The van der Waals surface area contributed by atoms with E-state index in [1.807, 2.05) is 67.6 Å². The molecule has 0 saturated heterocycles. The Morgan fingerprint density at radius 1 is 1.07 bits per heavy atom. The minimum atomic E-state index is -0.301. The van der Waals surface area contributed by atoms with E-state index in [-0.39, 0.29) is 11.7 Å². The average molecular weight is 402 g/mol. The Morgan fingerprint density at radius 3 is 2.79 bits per heavy atom. The number of nitrogens with one attached hydrogen (secondary N) is 2. The number of furan rings is 1. The third-order valence-corrected chi connectivity index (χ3v) is 5.21. The number of carbonyl (C=O) groups is 1. The molecule has 1 amide bonds. The number of aryl methyl sites for hydroxylation is 1. The Kier molecular flexibility index (Phi) is 4.11. The Hall–Kier alpha value is -3.57. The summed E-state index contributed by atoms with van der Waals surface area (Å²) in [5.74, 6) is 0.678. The summed E-state index contributed by atoms with van der Waals surface area (Å²) in [6, 6.07) is 20.6. The van der Waals surface area contributed by atoms with E-state index in [9.17, 15) is 4.79 Å². The zero-order chi connectivity index (χ0) is 20.0. The maximum absolute atomic E-state index is 12.6. The number of nitrogens with zero attached hydrogens (tertiary/aromatic N) is 1. The molecule has 3 aromatic carbocycles. The van der Waals surface area contributed by atoms with Gasteiger partial charge in [0.15, 0.2) is 5.76 Å². The van der Waals surface area contributed by atoms with Crippen molar-refractivity contribution in [1.29, 1.82) is 0 Å². The predicted octanol–water partition coefficient (Wildman–Crippen LogP) is 6.19. The molecule has 5 aromatic rings. The fourth-order valence-electron chi connectivity index (χ4n) is 3.31. The van der Waals surface area contributed by atoms with E-state index in [4.69, 9.17) is 16.0 Å². The first-order valence-corrected chi connectivity index (χ1v) is 9.51. The van der Waals surface area contributed by atoms with Gasteiger partial charge in [-0.2, -0.15) is 0 Å². The molecule has 0 aliphatic rings. The normalized spacial score (nSPS) is 11.2. The molecule has 0 spiro atoms. The third kappa shape index (κ3) is 3.26. The summed E-state index contributed by atoms with van der Waals surface area (Å²) in [6.07, 6.45) is 0. The number of H-pyrrole nitrogens is 1. The highest BCUT2D eigenvalue weighted by molar-refractivity contribution is 6.32. The maximum atomic E-state index is 12.6. The van der Waals surface area contributed by atoms with Crippen LogP contribution in [0.4, 0.5) is 5.69 Å². The molecule has 142 valence electrons. The molecule has 0 aliphatic heterocycles. The molecule has 29 heavy (non-hydrogen) atoms. The Bertz CT molecular complexity index is 1310. The molecule has 0 unspecified atom stereocenters. The number of anilines is 1. The number of hydrogen-bond acceptors (Lipinski definition) is 3. The van der Waals surface area contributed by atoms with Crippen LogP contribution in [0.25, 0.3) is 33.4 Å². The Labute approximate surface area is 171 Å². The number of halogens is 1. The molecule has 2 N–H and O–H groups in total. The lowest BCUT2D eigenvalue weighted by Gasteiger charge is -2.05. The van der Waals surface area contributed by atoms with Crippen LogP contribution in [-0.2, 0) is 0 Å². The second-order valence-corrected chi connectivity index (χ2v) is 7.29. The highest BCUT2D eigenvalue weighted by Gasteiger charge is 2.13. The maximum Gasteiger partial charge on any atom is 0.291 e. The van der Waals surface area contributed by atoms with Gasteiger partial charge in [0.2, 0.25) is 0 Å². The number of para-hydroxylation sites is 1. The van der Waals surface area contributed by atoms with Gasteiger partial charge in [-0.3, -0.25) is 4.79 Å². The molecule has 0 fully saturated rings. The molecular formula is C23H16ClN3O2. The second kappa shape index (κ2) is 6.79. The first-order chi connectivity index (χ1) is 14.1. The van der Waals surface area contributed by atoms with E-state index < -0.39 is 0 Å². The summed E-state index contributed by atoms with van der Waals surface area (Å²) >= 11 is 6.20. The topological polar surface area (TPSA) is 70.9 Å². The van der Waals surface area contributed by atoms with Gasteiger partial charge in [-0.15, -0.1) is 0 Å². The van der Waals surface area contributed by atoms with Crippen LogP contribution in [0, 0.1) is 6.92 Å². The van der Waals surface area contributed by atoms with E-state index in [0.29, 0.717) is 22.1 Å². The summed E-state index contributed by atoms with van der Waals surface area (Å²) in [6.45, 7) is 1.95. The fraction of sp³-hybridized carbons (Fsp3) is 0.0435. The number of amides is 1. The number of imidazole rings is 1. The molecule has 2 heterocycles. The average Bonchev–Trinajstić information content (AvgIpc) is 3.32. The number of fused-ring (bicyclic) bond motifs is 2. The predicted molar refractivity (Wildman–Crippen MR) is 115 cm³/mol. The summed E-state index contributed by atoms with van der Waals surface area (Å²) in [4.78, 5) is 20.5. The van der Waals surface area contributed by atoms with Crippen molar-refractivity contribution < 1.29 is 9.21 Å². The van der Waals surface area contributed by atoms with Crippen molar-refractivity contribution in [3.05, 3.63) is 83.1 Å². The number of rotatable bonds is 3. The van der Waals surface area contributed by atoms with E-state index in [1.54, 1.807) is 6.07 Å². The minimum Gasteiger partial charge on any atom is -0.451 e. The smallest absolute Gasteiger partial charge is 0.291 e. The molecule has 5 rings (SSSR count). The number of carbonyl (C=O) groups excluding carboxylic acids is 1. The van der Waals surface area contributed by atoms with E-state index in [0.717, 1.165) is 27.5 Å². The van der Waals surface area contributed by atoms with Gasteiger partial charge in [0.05, 0.1) is 11.0 Å². The summed E-state index contributed by atoms with van der Waals surface area (Å²) < 4.78 is 5.64. The molecule has 5 nitrogen and oxygen atoms in total. The molecular weight excluding hydrogens is 386 g/mol. The molecule has 2 aromatic heterocycles. The zero-order valence-electron chi connectivity index (χ0n) is 15.5. The SMILES string of the molecule is Cc1cc2[nH]c(-c3cccc(NC(=O)c4cc5ccccc5o4)c3)nc2cc1Cl. The number of aromatic amines is 1. The van der Waals surface area contributed by atoms with Crippen molar-refractivity contribution in [2.75, 3.05) is 5.32 Å². The summed E-state index contributed by atoms with van der Waals surface area (Å²) in [5, 5.41) is 4.46. The largest absolute Gasteiger partial charge is 0.451 e. The fourth-order valence-corrected chi connectivity index (χ4v) is 3.46. The van der Waals surface area contributed by atoms with Gasteiger partial charge in [0, 0.05) is 21.7 Å². The molecule has 0 aliphatic carbocycles. The van der Waals surface area contributed by atoms with Crippen LogP contribution in [0.5, 0.6) is 0 Å². The van der Waals surface area contributed by atoms with Crippen LogP contribution in [0.15, 0.2) is 71.1 Å². The van der Waals surface area contributed by atoms with Crippen LogP contribution < -0.4 is 5.32 Å². The van der Waals surface area contributed by atoms with Gasteiger partial charge in [-0.1, -0.05) is 41.9 Å². The van der Waals surface area contributed by atoms with Crippen LogP contribution in [0.1, 0.15) is 16.1 Å². The lowest BCUT2D eigenvalue weighted by atomic mass is 10.2. The molecule has 6 heteroatoms. The van der Waals surface area contributed by atoms with Gasteiger partial charge in [-0.25, -0.2) is 4.98 Å². The molecule has 0 atom stereocenters. The summed E-state index contributed by atoms with van der Waals surface area (Å²) in [5.41, 5.74) is 4.90. The minimum absolute atomic E-state index is 0.269. The molecule has 0 saturated carbocycles. The second-order valence-electron chi connectivity index (χ2n) is 6.89. The Morgan fingerprint density at radius 2 is 1.93 bits per heavy atom.